The number of carbonyl (C=O) groups excluding carboxylic acids is 2. The number of ketones is 1. The smallest absolute Gasteiger partial charge is 0.302 e. The lowest BCUT2D eigenvalue weighted by Gasteiger charge is -2.33. The summed E-state index contributed by atoms with van der Waals surface area (Å²) in [7, 11) is 0. The summed E-state index contributed by atoms with van der Waals surface area (Å²) in [5, 5.41) is 9.78. The molecule has 1 heterocycles. The van der Waals surface area contributed by atoms with Crippen molar-refractivity contribution in [1.29, 1.82) is 5.26 Å². The molecule has 6 heteroatoms. The second-order valence-electron chi connectivity index (χ2n) is 7.35. The van der Waals surface area contributed by atoms with E-state index in [1.807, 2.05) is 26.8 Å². The van der Waals surface area contributed by atoms with Gasteiger partial charge in [-0.25, -0.2) is 0 Å². The van der Waals surface area contributed by atoms with Crippen LogP contribution in [-0.2, 0) is 25.7 Å². The topological polar surface area (TPSA) is 102 Å². The van der Waals surface area contributed by atoms with Crippen molar-refractivity contribution in [3.05, 3.63) is 56.7 Å². The van der Waals surface area contributed by atoms with E-state index in [1.165, 1.54) is 6.92 Å². The van der Waals surface area contributed by atoms with E-state index in [9.17, 15) is 14.9 Å². The number of allylic oxidation sites excluding steroid dienone is 3. The zero-order valence-electron chi connectivity index (χ0n) is 16.6. The molecule has 0 saturated heterocycles. The summed E-state index contributed by atoms with van der Waals surface area (Å²) in [4.78, 5) is 24.1. The first-order chi connectivity index (χ1) is 13.3. The standard InChI is InChI=1S/C22H24N2O4/c1-11-8-12(2)19(13(3)16(11)10-27-14(4)25)20-15(9-23)22(24)28-18-7-5-6-17(26)21(18)20/h8,20H,5-7,10,24H2,1-4H3. The molecule has 146 valence electrons. The zero-order chi connectivity index (χ0) is 20.6. The van der Waals surface area contributed by atoms with Crippen LogP contribution in [0, 0.1) is 32.1 Å². The second-order valence-corrected chi connectivity index (χ2v) is 7.35. The highest BCUT2D eigenvalue weighted by molar-refractivity contribution is 5.99. The molecule has 2 aliphatic rings. The van der Waals surface area contributed by atoms with Crippen molar-refractivity contribution < 1.29 is 19.1 Å². The maximum absolute atomic E-state index is 12.8. The van der Waals surface area contributed by atoms with Gasteiger partial charge in [0.1, 0.15) is 24.0 Å². The van der Waals surface area contributed by atoms with Gasteiger partial charge in [0, 0.05) is 25.3 Å². The molecule has 6 nitrogen and oxygen atoms in total. The Bertz CT molecular complexity index is 979. The zero-order valence-corrected chi connectivity index (χ0v) is 16.6. The Kier molecular flexibility index (Phi) is 5.28. The Morgan fingerprint density at radius 3 is 2.68 bits per heavy atom. The molecule has 0 bridgehead atoms. The van der Waals surface area contributed by atoms with Crippen LogP contribution in [0.1, 0.15) is 59.9 Å². The summed E-state index contributed by atoms with van der Waals surface area (Å²) in [6, 6.07) is 4.15. The molecule has 1 atom stereocenters. The van der Waals surface area contributed by atoms with Gasteiger partial charge in [-0.2, -0.15) is 5.26 Å². The summed E-state index contributed by atoms with van der Waals surface area (Å²) in [6.07, 6.45) is 1.77. The summed E-state index contributed by atoms with van der Waals surface area (Å²) in [5.41, 5.74) is 11.4. The van der Waals surface area contributed by atoms with Crippen molar-refractivity contribution in [2.45, 2.75) is 59.5 Å². The van der Waals surface area contributed by atoms with E-state index in [2.05, 4.69) is 6.07 Å². The Balaban J connectivity index is 2.24. The van der Waals surface area contributed by atoms with Crippen LogP contribution in [0.3, 0.4) is 0 Å². The summed E-state index contributed by atoms with van der Waals surface area (Å²) < 4.78 is 10.9. The normalized spacial score (nSPS) is 19.1. The molecule has 0 saturated carbocycles. The number of nitriles is 1. The number of nitrogens with zero attached hydrogens (tertiary/aromatic N) is 1. The molecule has 0 amide bonds. The third kappa shape index (κ3) is 3.29. The Hall–Kier alpha value is -3.07. The number of aryl methyl sites for hydroxylation is 2. The Labute approximate surface area is 164 Å². The predicted molar refractivity (Wildman–Crippen MR) is 103 cm³/mol. The van der Waals surface area contributed by atoms with Crippen molar-refractivity contribution in [1.82, 2.24) is 0 Å². The number of benzene rings is 1. The fraction of sp³-hybridized carbons (Fsp3) is 0.409. The number of hydrogen-bond acceptors (Lipinski definition) is 6. The molecule has 1 aromatic rings. The van der Waals surface area contributed by atoms with Crippen molar-refractivity contribution in [3.8, 4) is 6.07 Å². The van der Waals surface area contributed by atoms with Gasteiger partial charge in [-0.3, -0.25) is 9.59 Å². The Morgan fingerprint density at radius 1 is 1.32 bits per heavy atom. The highest BCUT2D eigenvalue weighted by atomic mass is 16.5. The number of esters is 1. The maximum Gasteiger partial charge on any atom is 0.302 e. The third-order valence-corrected chi connectivity index (χ3v) is 5.50. The van der Waals surface area contributed by atoms with Crippen LogP contribution in [-0.4, -0.2) is 11.8 Å². The summed E-state index contributed by atoms with van der Waals surface area (Å²) in [6.45, 7) is 7.36. The van der Waals surface area contributed by atoms with Gasteiger partial charge >= 0.3 is 5.97 Å². The first-order valence-electron chi connectivity index (χ1n) is 9.33. The molecule has 2 N–H and O–H groups in total. The van der Waals surface area contributed by atoms with Gasteiger partial charge in [0.2, 0.25) is 5.88 Å². The van der Waals surface area contributed by atoms with E-state index in [4.69, 9.17) is 15.2 Å². The molecule has 3 rings (SSSR count). The van der Waals surface area contributed by atoms with Crippen LogP contribution in [0.15, 0.2) is 28.9 Å². The minimum atomic E-state index is -0.557. The average Bonchev–Trinajstić information content (AvgIpc) is 2.60. The van der Waals surface area contributed by atoms with E-state index >= 15 is 0 Å². The van der Waals surface area contributed by atoms with Gasteiger partial charge in [0.25, 0.3) is 0 Å². The minimum Gasteiger partial charge on any atom is -0.461 e. The van der Waals surface area contributed by atoms with Gasteiger partial charge in [-0.1, -0.05) is 6.07 Å². The number of ether oxygens (including phenoxy) is 2. The van der Waals surface area contributed by atoms with Crippen LogP contribution < -0.4 is 5.73 Å². The lowest BCUT2D eigenvalue weighted by Crippen LogP contribution is -2.28. The van der Waals surface area contributed by atoms with E-state index in [1.54, 1.807) is 0 Å². The molecule has 1 unspecified atom stereocenters. The molecule has 28 heavy (non-hydrogen) atoms. The Morgan fingerprint density at radius 2 is 2.04 bits per heavy atom. The van der Waals surface area contributed by atoms with Crippen LogP contribution in [0.4, 0.5) is 0 Å². The van der Waals surface area contributed by atoms with E-state index in [0.717, 1.165) is 27.8 Å². The van der Waals surface area contributed by atoms with E-state index in [0.29, 0.717) is 30.6 Å². The molecular weight excluding hydrogens is 356 g/mol. The first-order valence-corrected chi connectivity index (χ1v) is 9.33. The maximum atomic E-state index is 12.8. The molecule has 1 aromatic carbocycles. The van der Waals surface area contributed by atoms with Crippen molar-refractivity contribution in [2.24, 2.45) is 5.73 Å². The molecular formula is C22H24N2O4. The number of hydrogen-bond donors (Lipinski definition) is 1. The van der Waals surface area contributed by atoms with Crippen LogP contribution >= 0.6 is 0 Å². The molecule has 0 radical (unpaired) electrons. The summed E-state index contributed by atoms with van der Waals surface area (Å²) >= 11 is 0. The van der Waals surface area contributed by atoms with Crippen LogP contribution in [0.25, 0.3) is 0 Å². The highest BCUT2D eigenvalue weighted by Gasteiger charge is 2.39. The van der Waals surface area contributed by atoms with Gasteiger partial charge < -0.3 is 15.2 Å². The van der Waals surface area contributed by atoms with Gasteiger partial charge in [0.15, 0.2) is 5.78 Å². The van der Waals surface area contributed by atoms with Gasteiger partial charge in [-0.05, 0) is 55.0 Å². The average molecular weight is 380 g/mol. The number of Topliss-reactive ketones (excluding diaryl/α,β-unsaturated/α-hetero) is 1. The number of nitrogens with two attached hydrogens (primary N) is 1. The largest absolute Gasteiger partial charge is 0.461 e. The molecule has 0 aromatic heterocycles. The summed E-state index contributed by atoms with van der Waals surface area (Å²) in [5.74, 6) is -0.299. The number of carbonyl (C=O) groups is 2. The monoisotopic (exact) mass is 380 g/mol. The molecule has 0 spiro atoms. The van der Waals surface area contributed by atoms with Crippen LogP contribution in [0.2, 0.25) is 0 Å². The lowest BCUT2D eigenvalue weighted by atomic mass is 9.74. The second kappa shape index (κ2) is 7.51. The molecule has 1 aliphatic heterocycles. The van der Waals surface area contributed by atoms with Gasteiger partial charge in [0.05, 0.1) is 5.92 Å². The molecule has 1 aliphatic carbocycles. The molecule has 0 fully saturated rings. The van der Waals surface area contributed by atoms with Gasteiger partial charge in [-0.15, -0.1) is 0 Å². The highest BCUT2D eigenvalue weighted by Crippen LogP contribution is 2.46. The SMILES string of the molecule is CC(=O)OCc1c(C)cc(C)c(C2C(C#N)=C(N)OC3=C2C(=O)CCC3)c1C. The van der Waals surface area contributed by atoms with E-state index in [-0.39, 0.29) is 29.8 Å². The van der Waals surface area contributed by atoms with Crippen LogP contribution in [0.5, 0.6) is 0 Å². The fourth-order valence-electron chi connectivity index (χ4n) is 4.23. The number of rotatable bonds is 3. The van der Waals surface area contributed by atoms with Crippen molar-refractivity contribution >= 4 is 11.8 Å². The first kappa shape index (κ1) is 19.7. The van der Waals surface area contributed by atoms with Crippen molar-refractivity contribution in [3.63, 3.8) is 0 Å². The fourth-order valence-corrected chi connectivity index (χ4v) is 4.23. The quantitative estimate of drug-likeness (QED) is 0.805. The lowest BCUT2D eigenvalue weighted by molar-refractivity contribution is -0.142. The predicted octanol–water partition coefficient (Wildman–Crippen LogP) is 3.49. The third-order valence-electron chi connectivity index (χ3n) is 5.50. The van der Waals surface area contributed by atoms with Crippen molar-refractivity contribution in [2.75, 3.05) is 0 Å². The minimum absolute atomic E-state index is 0.00703. The van der Waals surface area contributed by atoms with E-state index < -0.39 is 5.92 Å².